The van der Waals surface area contributed by atoms with Crippen molar-refractivity contribution in [2.75, 3.05) is 39.9 Å². The molecule has 158 valence electrons. The summed E-state index contributed by atoms with van der Waals surface area (Å²) in [5.74, 6) is 0.818. The average Bonchev–Trinajstić information content (AvgIpc) is 2.79. The van der Waals surface area contributed by atoms with E-state index in [9.17, 15) is 5.11 Å². The van der Waals surface area contributed by atoms with Gasteiger partial charge in [-0.15, -0.1) is 0 Å². The lowest BCUT2D eigenvalue weighted by molar-refractivity contribution is 0.0556. The third kappa shape index (κ3) is 4.98. The first-order valence-electron chi connectivity index (χ1n) is 10.8. The molecule has 5 nitrogen and oxygen atoms in total. The van der Waals surface area contributed by atoms with E-state index in [1.807, 2.05) is 12.1 Å². The zero-order valence-electron chi connectivity index (χ0n) is 17.7. The van der Waals surface area contributed by atoms with Crippen LogP contribution in [-0.4, -0.2) is 65.8 Å². The Hall–Kier alpha value is -2.47. The minimum absolute atomic E-state index is 0.228. The first-order valence-corrected chi connectivity index (χ1v) is 10.8. The Morgan fingerprint density at radius 1 is 1.03 bits per heavy atom. The molecule has 3 aromatic rings. The van der Waals surface area contributed by atoms with Crippen molar-refractivity contribution in [1.82, 2.24) is 14.8 Å². The summed E-state index contributed by atoms with van der Waals surface area (Å²) in [6.45, 7) is 5.08. The average molecular weight is 406 g/mol. The van der Waals surface area contributed by atoms with Gasteiger partial charge in [0.15, 0.2) is 0 Å². The number of benzene rings is 2. The fraction of sp³-hybridized carbons (Fsp3) is 0.400. The monoisotopic (exact) mass is 405 g/mol. The molecule has 30 heavy (non-hydrogen) atoms. The van der Waals surface area contributed by atoms with Gasteiger partial charge in [0.05, 0.1) is 12.8 Å². The molecule has 1 aliphatic rings. The smallest absolute Gasteiger partial charge is 0.145 e. The SMILES string of the molecule is COc1cccc2ccc(CN3CCN(CCc4ccccc4)[C@@H](CCO)C3)nc12. The van der Waals surface area contributed by atoms with Gasteiger partial charge in [0.1, 0.15) is 11.3 Å². The molecule has 2 heterocycles. The number of aromatic nitrogens is 1. The third-order valence-electron chi connectivity index (χ3n) is 6.03. The van der Waals surface area contributed by atoms with Crippen LogP contribution in [0.4, 0.5) is 0 Å². The molecule has 0 spiro atoms. The number of aliphatic hydroxyl groups is 1. The molecule has 0 aliphatic carbocycles. The van der Waals surface area contributed by atoms with E-state index < -0.39 is 0 Å². The van der Waals surface area contributed by atoms with Gasteiger partial charge >= 0.3 is 0 Å². The van der Waals surface area contributed by atoms with Crippen LogP contribution in [0.25, 0.3) is 10.9 Å². The van der Waals surface area contributed by atoms with Crippen LogP contribution in [0.1, 0.15) is 17.7 Å². The van der Waals surface area contributed by atoms with Gasteiger partial charge in [0, 0.05) is 50.8 Å². The van der Waals surface area contributed by atoms with E-state index in [4.69, 9.17) is 9.72 Å². The summed E-state index contributed by atoms with van der Waals surface area (Å²) in [5, 5.41) is 10.7. The van der Waals surface area contributed by atoms with Gasteiger partial charge in [-0.1, -0.05) is 48.5 Å². The number of para-hydroxylation sites is 1. The van der Waals surface area contributed by atoms with Crippen molar-refractivity contribution in [3.8, 4) is 5.75 Å². The highest BCUT2D eigenvalue weighted by Gasteiger charge is 2.26. The molecule has 5 heteroatoms. The van der Waals surface area contributed by atoms with E-state index in [0.717, 1.165) is 67.9 Å². The Morgan fingerprint density at radius 2 is 1.90 bits per heavy atom. The summed E-state index contributed by atoms with van der Waals surface area (Å²) in [4.78, 5) is 9.88. The lowest BCUT2D eigenvalue weighted by Gasteiger charge is -2.41. The molecular weight excluding hydrogens is 374 g/mol. The predicted octanol–water partition coefficient (Wildman–Crippen LogP) is 3.35. The lowest BCUT2D eigenvalue weighted by Crippen LogP contribution is -2.53. The summed E-state index contributed by atoms with van der Waals surface area (Å²) in [6, 6.07) is 21.3. The summed E-state index contributed by atoms with van der Waals surface area (Å²) >= 11 is 0. The first-order chi connectivity index (χ1) is 14.8. The molecule has 2 aromatic carbocycles. The molecule has 1 aromatic heterocycles. The van der Waals surface area contributed by atoms with Crippen LogP contribution >= 0.6 is 0 Å². The van der Waals surface area contributed by atoms with Crippen LogP contribution < -0.4 is 4.74 Å². The van der Waals surface area contributed by atoms with Crippen molar-refractivity contribution >= 4 is 10.9 Å². The molecular formula is C25H31N3O2. The molecule has 0 unspecified atom stereocenters. The Bertz CT molecular complexity index is 948. The second-order valence-electron chi connectivity index (χ2n) is 8.01. The number of ether oxygens (including phenoxy) is 1. The molecule has 1 aliphatic heterocycles. The van der Waals surface area contributed by atoms with Crippen LogP contribution in [0.3, 0.4) is 0 Å². The van der Waals surface area contributed by atoms with Crippen molar-refractivity contribution in [2.45, 2.75) is 25.4 Å². The van der Waals surface area contributed by atoms with Gasteiger partial charge in [-0.2, -0.15) is 0 Å². The maximum Gasteiger partial charge on any atom is 0.145 e. The third-order valence-corrected chi connectivity index (χ3v) is 6.03. The van der Waals surface area contributed by atoms with E-state index in [1.54, 1.807) is 7.11 Å². The highest BCUT2D eigenvalue weighted by atomic mass is 16.5. The maximum atomic E-state index is 9.60. The molecule has 1 atom stereocenters. The molecule has 0 saturated carbocycles. The second-order valence-corrected chi connectivity index (χ2v) is 8.01. The van der Waals surface area contributed by atoms with Crippen molar-refractivity contribution in [2.24, 2.45) is 0 Å². The van der Waals surface area contributed by atoms with Crippen LogP contribution in [-0.2, 0) is 13.0 Å². The molecule has 1 fully saturated rings. The normalized spacial score (nSPS) is 18.0. The lowest BCUT2D eigenvalue weighted by atomic mass is 10.1. The van der Waals surface area contributed by atoms with E-state index in [0.29, 0.717) is 6.04 Å². The Kier molecular flexibility index (Phi) is 6.95. The molecule has 1 saturated heterocycles. The highest BCUT2D eigenvalue weighted by Crippen LogP contribution is 2.24. The van der Waals surface area contributed by atoms with E-state index in [2.05, 4.69) is 58.3 Å². The van der Waals surface area contributed by atoms with E-state index >= 15 is 0 Å². The molecule has 0 amide bonds. The Labute approximate surface area is 178 Å². The number of methoxy groups -OCH3 is 1. The summed E-state index contributed by atoms with van der Waals surface area (Å²) < 4.78 is 5.49. The first kappa shape index (κ1) is 20.8. The zero-order valence-corrected chi connectivity index (χ0v) is 17.7. The van der Waals surface area contributed by atoms with Crippen molar-refractivity contribution in [3.63, 3.8) is 0 Å². The summed E-state index contributed by atoms with van der Waals surface area (Å²) in [6.07, 6.45) is 1.86. The number of hydrogen-bond donors (Lipinski definition) is 1. The van der Waals surface area contributed by atoms with Gasteiger partial charge in [-0.05, 0) is 30.5 Å². The van der Waals surface area contributed by atoms with Crippen molar-refractivity contribution < 1.29 is 9.84 Å². The fourth-order valence-corrected chi connectivity index (χ4v) is 4.38. The van der Waals surface area contributed by atoms with Gasteiger partial charge in [-0.3, -0.25) is 9.80 Å². The molecule has 0 bridgehead atoms. The van der Waals surface area contributed by atoms with Crippen LogP contribution in [0.2, 0.25) is 0 Å². The number of piperazine rings is 1. The maximum absolute atomic E-state index is 9.60. The number of rotatable bonds is 8. The number of pyridine rings is 1. The minimum Gasteiger partial charge on any atom is -0.494 e. The topological polar surface area (TPSA) is 48.8 Å². The fourth-order valence-electron chi connectivity index (χ4n) is 4.38. The Morgan fingerprint density at radius 3 is 2.70 bits per heavy atom. The largest absolute Gasteiger partial charge is 0.494 e. The number of hydrogen-bond acceptors (Lipinski definition) is 5. The van der Waals surface area contributed by atoms with Gasteiger partial charge in [0.2, 0.25) is 0 Å². The van der Waals surface area contributed by atoms with Crippen molar-refractivity contribution in [1.29, 1.82) is 0 Å². The van der Waals surface area contributed by atoms with Crippen molar-refractivity contribution in [3.05, 3.63) is 71.9 Å². The predicted molar refractivity (Wildman–Crippen MR) is 121 cm³/mol. The van der Waals surface area contributed by atoms with Crippen LogP contribution in [0, 0.1) is 0 Å². The van der Waals surface area contributed by atoms with Crippen LogP contribution in [0.15, 0.2) is 60.7 Å². The molecule has 4 rings (SSSR count). The number of aliphatic hydroxyl groups excluding tert-OH is 1. The second kappa shape index (κ2) is 10.0. The minimum atomic E-state index is 0.228. The summed E-state index contributed by atoms with van der Waals surface area (Å²) in [5.41, 5.74) is 3.36. The summed E-state index contributed by atoms with van der Waals surface area (Å²) in [7, 11) is 1.69. The van der Waals surface area contributed by atoms with E-state index in [-0.39, 0.29) is 6.61 Å². The van der Waals surface area contributed by atoms with Gasteiger partial charge < -0.3 is 9.84 Å². The van der Waals surface area contributed by atoms with Gasteiger partial charge in [0.25, 0.3) is 0 Å². The highest BCUT2D eigenvalue weighted by molar-refractivity contribution is 5.84. The molecule has 1 N–H and O–H groups in total. The van der Waals surface area contributed by atoms with E-state index in [1.165, 1.54) is 5.56 Å². The van der Waals surface area contributed by atoms with Gasteiger partial charge in [-0.25, -0.2) is 4.98 Å². The Balaban J connectivity index is 1.40. The quantitative estimate of drug-likeness (QED) is 0.623. The number of fused-ring (bicyclic) bond motifs is 1. The van der Waals surface area contributed by atoms with Crippen LogP contribution in [0.5, 0.6) is 5.75 Å². The molecule has 0 radical (unpaired) electrons. The standard InChI is InChI=1S/C25H31N3O2/c1-30-24-9-5-8-21-10-11-22(26-25(21)24)18-27-15-16-28(23(19-27)13-17-29)14-12-20-6-3-2-4-7-20/h2-11,23,29H,12-19H2,1H3/t23-/m0/s1. The number of nitrogens with zero attached hydrogens (tertiary/aromatic N) is 3. The zero-order chi connectivity index (χ0) is 20.8.